The van der Waals surface area contributed by atoms with Gasteiger partial charge in [-0.25, -0.2) is 5.43 Å². The fourth-order valence-electron chi connectivity index (χ4n) is 1.79. The molecular weight excluding hydrogens is 314 g/mol. The van der Waals surface area contributed by atoms with Crippen LogP contribution in [0, 0.1) is 10.1 Å². The van der Waals surface area contributed by atoms with Gasteiger partial charge in [-0.15, -0.1) is 0 Å². The van der Waals surface area contributed by atoms with Crippen LogP contribution in [0.5, 0.6) is 11.5 Å². The maximum absolute atomic E-state index is 11.6. The molecule has 124 valence electrons. The Morgan fingerprint density at radius 2 is 1.88 bits per heavy atom. The van der Waals surface area contributed by atoms with Crippen LogP contribution in [0.2, 0.25) is 0 Å². The number of nitro benzene ring substituents is 1. The maximum Gasteiger partial charge on any atom is 0.278 e. The van der Waals surface area contributed by atoms with E-state index in [-0.39, 0.29) is 12.3 Å². The van der Waals surface area contributed by atoms with E-state index in [2.05, 4.69) is 10.5 Å². The lowest BCUT2D eigenvalue weighted by molar-refractivity contribution is -0.385. The summed E-state index contributed by atoms with van der Waals surface area (Å²) in [4.78, 5) is 22.0. The molecule has 2 aromatic rings. The first kappa shape index (κ1) is 16.9. The number of amides is 1. The lowest BCUT2D eigenvalue weighted by Gasteiger charge is -2.05. The van der Waals surface area contributed by atoms with Gasteiger partial charge in [0.15, 0.2) is 6.61 Å². The van der Waals surface area contributed by atoms with Crippen molar-refractivity contribution in [2.75, 3.05) is 13.7 Å². The zero-order valence-corrected chi connectivity index (χ0v) is 12.8. The molecule has 0 atom stereocenters. The van der Waals surface area contributed by atoms with Crippen molar-refractivity contribution in [3.63, 3.8) is 0 Å². The van der Waals surface area contributed by atoms with Crippen LogP contribution in [0.15, 0.2) is 53.6 Å². The first-order valence-electron chi connectivity index (χ1n) is 6.92. The molecule has 1 N–H and O–H groups in total. The lowest BCUT2D eigenvalue weighted by Crippen LogP contribution is -2.24. The lowest BCUT2D eigenvalue weighted by atomic mass is 10.2. The van der Waals surface area contributed by atoms with Gasteiger partial charge in [-0.05, 0) is 30.3 Å². The van der Waals surface area contributed by atoms with E-state index < -0.39 is 10.8 Å². The Labute approximate surface area is 137 Å². The summed E-state index contributed by atoms with van der Waals surface area (Å²) in [6, 6.07) is 12.8. The molecule has 0 aromatic heterocycles. The average molecular weight is 329 g/mol. The number of nitro groups is 1. The Morgan fingerprint density at radius 3 is 2.54 bits per heavy atom. The standard InChI is InChI=1S/C16H15N3O5/c1-23-13-6-8-14(9-7-13)24-11-16(20)18-17-10-12-4-2-3-5-15(12)19(21)22/h2-10H,11H2,1H3,(H,18,20). The Balaban J connectivity index is 1.85. The largest absolute Gasteiger partial charge is 0.497 e. The molecule has 0 saturated carbocycles. The number of hydrogen-bond acceptors (Lipinski definition) is 6. The number of hydrazone groups is 1. The number of para-hydroxylation sites is 1. The first-order valence-corrected chi connectivity index (χ1v) is 6.92. The number of benzene rings is 2. The SMILES string of the molecule is COc1ccc(OCC(=O)NN=Cc2ccccc2[N+](=O)[O-])cc1. The van der Waals surface area contributed by atoms with Crippen LogP contribution in [0.4, 0.5) is 5.69 Å². The summed E-state index contributed by atoms with van der Waals surface area (Å²) in [6.45, 7) is -0.236. The highest BCUT2D eigenvalue weighted by atomic mass is 16.6. The maximum atomic E-state index is 11.6. The molecule has 0 saturated heterocycles. The molecule has 24 heavy (non-hydrogen) atoms. The zero-order valence-electron chi connectivity index (χ0n) is 12.8. The van der Waals surface area contributed by atoms with Gasteiger partial charge in [0, 0.05) is 6.07 Å². The third-order valence-electron chi connectivity index (χ3n) is 2.96. The quantitative estimate of drug-likeness (QED) is 0.476. The highest BCUT2D eigenvalue weighted by molar-refractivity contribution is 5.86. The van der Waals surface area contributed by atoms with Crippen molar-refractivity contribution in [2.24, 2.45) is 5.10 Å². The number of hydrogen-bond donors (Lipinski definition) is 1. The van der Waals surface area contributed by atoms with Crippen LogP contribution in [-0.2, 0) is 4.79 Å². The molecule has 8 heteroatoms. The molecule has 0 fully saturated rings. The minimum atomic E-state index is -0.518. The molecule has 0 radical (unpaired) electrons. The van der Waals surface area contributed by atoms with Crippen molar-refractivity contribution in [1.29, 1.82) is 0 Å². The normalized spacial score (nSPS) is 10.4. The minimum Gasteiger partial charge on any atom is -0.497 e. The van der Waals surface area contributed by atoms with Crippen molar-refractivity contribution in [3.05, 3.63) is 64.2 Å². The van der Waals surface area contributed by atoms with Crippen molar-refractivity contribution in [1.82, 2.24) is 5.43 Å². The van der Waals surface area contributed by atoms with Crippen LogP contribution in [0.3, 0.4) is 0 Å². The van der Waals surface area contributed by atoms with Gasteiger partial charge in [0.1, 0.15) is 11.5 Å². The molecule has 0 unspecified atom stereocenters. The van der Waals surface area contributed by atoms with Crippen molar-refractivity contribution < 1.29 is 19.2 Å². The Bertz CT molecular complexity index is 744. The molecule has 0 aliphatic carbocycles. The second-order valence-electron chi connectivity index (χ2n) is 4.57. The number of nitrogens with one attached hydrogen (secondary N) is 1. The summed E-state index contributed by atoms with van der Waals surface area (Å²) in [5.41, 5.74) is 2.45. The van der Waals surface area contributed by atoms with Gasteiger partial charge in [-0.2, -0.15) is 5.10 Å². The van der Waals surface area contributed by atoms with E-state index in [0.29, 0.717) is 17.1 Å². The minimum absolute atomic E-state index is 0.0926. The predicted octanol–water partition coefficient (Wildman–Crippen LogP) is 2.13. The van der Waals surface area contributed by atoms with Gasteiger partial charge >= 0.3 is 0 Å². The topological polar surface area (TPSA) is 103 Å². The highest BCUT2D eigenvalue weighted by Crippen LogP contribution is 2.17. The molecule has 0 aliphatic rings. The van der Waals surface area contributed by atoms with Crippen LogP contribution >= 0.6 is 0 Å². The van der Waals surface area contributed by atoms with Crippen LogP contribution in [0.1, 0.15) is 5.56 Å². The third kappa shape index (κ3) is 4.80. The van der Waals surface area contributed by atoms with Gasteiger partial charge in [-0.3, -0.25) is 14.9 Å². The van der Waals surface area contributed by atoms with E-state index in [0.717, 1.165) is 0 Å². The molecule has 1 amide bonds. The van der Waals surface area contributed by atoms with Gasteiger partial charge in [0.25, 0.3) is 11.6 Å². The molecule has 2 aromatic carbocycles. The van der Waals surface area contributed by atoms with Crippen molar-refractivity contribution >= 4 is 17.8 Å². The number of carbonyl (C=O) groups is 1. The monoisotopic (exact) mass is 329 g/mol. The smallest absolute Gasteiger partial charge is 0.278 e. The summed E-state index contributed by atoms with van der Waals surface area (Å²) >= 11 is 0. The van der Waals surface area contributed by atoms with Crippen LogP contribution in [0.25, 0.3) is 0 Å². The first-order chi connectivity index (χ1) is 11.6. The average Bonchev–Trinajstić information content (AvgIpc) is 2.60. The fraction of sp³-hybridized carbons (Fsp3) is 0.125. The van der Waals surface area contributed by atoms with Crippen molar-refractivity contribution in [2.45, 2.75) is 0 Å². The van der Waals surface area contributed by atoms with E-state index >= 15 is 0 Å². The van der Waals surface area contributed by atoms with Gasteiger partial charge in [0.2, 0.25) is 0 Å². The number of carbonyl (C=O) groups excluding carboxylic acids is 1. The van der Waals surface area contributed by atoms with E-state index in [9.17, 15) is 14.9 Å². The van der Waals surface area contributed by atoms with E-state index in [4.69, 9.17) is 9.47 Å². The predicted molar refractivity (Wildman–Crippen MR) is 87.3 cm³/mol. The number of methoxy groups -OCH3 is 1. The highest BCUT2D eigenvalue weighted by Gasteiger charge is 2.10. The fourth-order valence-corrected chi connectivity index (χ4v) is 1.79. The molecule has 2 rings (SSSR count). The van der Waals surface area contributed by atoms with Crippen LogP contribution in [-0.4, -0.2) is 30.8 Å². The number of ether oxygens (including phenoxy) is 2. The molecular formula is C16H15N3O5. The molecule has 0 heterocycles. The second kappa shape index (κ2) is 8.28. The van der Waals surface area contributed by atoms with Crippen LogP contribution < -0.4 is 14.9 Å². The molecule has 8 nitrogen and oxygen atoms in total. The van der Waals surface area contributed by atoms with E-state index in [1.165, 1.54) is 18.3 Å². The van der Waals surface area contributed by atoms with Gasteiger partial charge in [0.05, 0.1) is 23.8 Å². The summed E-state index contributed by atoms with van der Waals surface area (Å²) in [7, 11) is 1.55. The van der Waals surface area contributed by atoms with E-state index in [1.54, 1.807) is 43.5 Å². The number of rotatable bonds is 7. The Morgan fingerprint density at radius 1 is 1.21 bits per heavy atom. The summed E-state index contributed by atoms with van der Waals surface area (Å²) in [5, 5.41) is 14.5. The third-order valence-corrected chi connectivity index (χ3v) is 2.96. The van der Waals surface area contributed by atoms with E-state index in [1.807, 2.05) is 0 Å². The number of nitrogens with zero attached hydrogens (tertiary/aromatic N) is 2. The summed E-state index contributed by atoms with van der Waals surface area (Å²) < 4.78 is 10.3. The van der Waals surface area contributed by atoms with Crippen molar-refractivity contribution in [3.8, 4) is 11.5 Å². The summed E-state index contributed by atoms with van der Waals surface area (Å²) in [5.74, 6) is 0.704. The zero-order chi connectivity index (χ0) is 17.4. The van der Waals surface area contributed by atoms with Gasteiger partial charge in [-0.1, -0.05) is 12.1 Å². The second-order valence-corrected chi connectivity index (χ2v) is 4.57. The Kier molecular flexibility index (Phi) is 5.84. The Hall–Kier alpha value is -3.42. The molecule has 0 bridgehead atoms. The molecule has 0 spiro atoms. The summed E-state index contributed by atoms with van der Waals surface area (Å²) in [6.07, 6.45) is 1.21. The molecule has 0 aliphatic heterocycles. The van der Waals surface area contributed by atoms with Gasteiger partial charge < -0.3 is 9.47 Å².